The molecule has 4 rings (SSSR count). The van der Waals surface area contributed by atoms with Crippen molar-refractivity contribution in [3.05, 3.63) is 0 Å². The van der Waals surface area contributed by atoms with E-state index in [1.165, 1.54) is 0 Å². The molecule has 0 radical (unpaired) electrons. The van der Waals surface area contributed by atoms with Gasteiger partial charge in [-0.15, -0.1) is 0 Å². The summed E-state index contributed by atoms with van der Waals surface area (Å²) in [5.74, 6) is 2.35. The van der Waals surface area contributed by atoms with Gasteiger partial charge in [-0.2, -0.15) is 0 Å². The number of carbonyl (C=O) groups is 1. The summed E-state index contributed by atoms with van der Waals surface area (Å²) in [5, 5.41) is 20.8. The molecule has 0 aromatic carbocycles. The van der Waals surface area contributed by atoms with E-state index in [9.17, 15) is 15.0 Å². The molecule has 0 amide bonds. The Balaban J connectivity index is 1.68. The smallest absolute Gasteiger partial charge is 0.139 e. The van der Waals surface area contributed by atoms with Crippen molar-refractivity contribution >= 4 is 5.78 Å². The molecule has 0 heterocycles. The minimum atomic E-state index is -0.292. The number of aliphatic hydroxyl groups excluding tert-OH is 2. The van der Waals surface area contributed by atoms with Crippen LogP contribution in [0.1, 0.15) is 65.2 Å². The number of carbonyl (C=O) groups excluding carboxylic acids is 1. The van der Waals surface area contributed by atoms with Crippen LogP contribution in [0, 0.1) is 34.5 Å². The van der Waals surface area contributed by atoms with Gasteiger partial charge < -0.3 is 10.2 Å². The number of rotatable bonds is 0. The van der Waals surface area contributed by atoms with E-state index in [1.807, 2.05) is 0 Å². The molecule has 3 nitrogen and oxygen atoms in total. The van der Waals surface area contributed by atoms with Gasteiger partial charge in [-0.3, -0.25) is 4.79 Å². The average molecular weight is 306 g/mol. The Hall–Kier alpha value is -0.410. The average Bonchev–Trinajstić information content (AvgIpc) is 2.77. The Bertz CT molecular complexity index is 489. The second-order valence-corrected chi connectivity index (χ2v) is 9.14. The van der Waals surface area contributed by atoms with Crippen LogP contribution < -0.4 is 0 Å². The van der Waals surface area contributed by atoms with E-state index in [-0.39, 0.29) is 29.0 Å². The minimum Gasteiger partial charge on any atom is -0.393 e. The lowest BCUT2D eigenvalue weighted by molar-refractivity contribution is -0.170. The predicted molar refractivity (Wildman–Crippen MR) is 84.1 cm³/mol. The van der Waals surface area contributed by atoms with Crippen molar-refractivity contribution in [2.75, 3.05) is 0 Å². The van der Waals surface area contributed by atoms with Crippen molar-refractivity contribution in [2.24, 2.45) is 34.5 Å². The summed E-state index contributed by atoms with van der Waals surface area (Å²) in [6, 6.07) is 0. The van der Waals surface area contributed by atoms with Gasteiger partial charge in [0.15, 0.2) is 0 Å². The summed E-state index contributed by atoms with van der Waals surface area (Å²) in [6.45, 7) is 4.55. The second-order valence-electron chi connectivity index (χ2n) is 9.14. The highest BCUT2D eigenvalue weighted by molar-refractivity contribution is 5.87. The molecule has 0 aromatic heterocycles. The number of aliphatic hydroxyl groups is 2. The first kappa shape index (κ1) is 15.1. The van der Waals surface area contributed by atoms with Crippen molar-refractivity contribution in [3.8, 4) is 0 Å². The van der Waals surface area contributed by atoms with Gasteiger partial charge in [-0.1, -0.05) is 13.8 Å². The quantitative estimate of drug-likeness (QED) is 0.723. The third-order valence-corrected chi connectivity index (χ3v) is 8.36. The first-order valence-corrected chi connectivity index (χ1v) is 9.25. The Kier molecular flexibility index (Phi) is 3.30. The van der Waals surface area contributed by atoms with Crippen molar-refractivity contribution in [1.29, 1.82) is 0 Å². The molecule has 0 aliphatic heterocycles. The fourth-order valence-corrected chi connectivity index (χ4v) is 7.05. The highest BCUT2D eigenvalue weighted by Crippen LogP contribution is 2.65. The molecule has 0 bridgehead atoms. The lowest BCUT2D eigenvalue weighted by Gasteiger charge is -2.61. The molecule has 2 N–H and O–H groups in total. The monoisotopic (exact) mass is 306 g/mol. The molecule has 0 saturated heterocycles. The van der Waals surface area contributed by atoms with Gasteiger partial charge >= 0.3 is 0 Å². The van der Waals surface area contributed by atoms with E-state index in [0.717, 1.165) is 51.4 Å². The number of hydrogen-bond donors (Lipinski definition) is 2. The summed E-state index contributed by atoms with van der Waals surface area (Å²) in [6.07, 6.45) is 6.97. The summed E-state index contributed by atoms with van der Waals surface area (Å²) >= 11 is 0. The lowest BCUT2D eigenvalue weighted by Crippen LogP contribution is -2.58. The third-order valence-electron chi connectivity index (χ3n) is 8.36. The first-order valence-electron chi connectivity index (χ1n) is 9.25. The fraction of sp³-hybridized carbons (Fsp3) is 0.947. The Labute approximate surface area is 133 Å². The Morgan fingerprint density at radius 3 is 2.50 bits per heavy atom. The maximum Gasteiger partial charge on any atom is 0.139 e. The molecule has 4 aliphatic carbocycles. The molecule has 3 unspecified atom stereocenters. The molecule has 0 spiro atoms. The zero-order valence-electron chi connectivity index (χ0n) is 13.9. The summed E-state index contributed by atoms with van der Waals surface area (Å²) in [5.41, 5.74) is 0.0484. The summed E-state index contributed by atoms with van der Waals surface area (Å²) in [4.78, 5) is 12.4. The van der Waals surface area contributed by atoms with Gasteiger partial charge in [0.1, 0.15) is 5.78 Å². The molecule has 8 atom stereocenters. The van der Waals surface area contributed by atoms with Crippen LogP contribution in [0.4, 0.5) is 0 Å². The van der Waals surface area contributed by atoms with Gasteiger partial charge in [-0.05, 0) is 74.0 Å². The van der Waals surface area contributed by atoms with Gasteiger partial charge in [0.2, 0.25) is 0 Å². The molecule has 4 fully saturated rings. The summed E-state index contributed by atoms with van der Waals surface area (Å²) in [7, 11) is 0. The van der Waals surface area contributed by atoms with E-state index in [1.54, 1.807) is 0 Å². The molecule has 22 heavy (non-hydrogen) atoms. The topological polar surface area (TPSA) is 57.5 Å². The van der Waals surface area contributed by atoms with Crippen molar-refractivity contribution in [1.82, 2.24) is 0 Å². The van der Waals surface area contributed by atoms with Crippen LogP contribution in [0.2, 0.25) is 0 Å². The van der Waals surface area contributed by atoms with Crippen molar-refractivity contribution < 1.29 is 15.0 Å². The highest BCUT2D eigenvalue weighted by Gasteiger charge is 2.61. The van der Waals surface area contributed by atoms with Gasteiger partial charge in [0, 0.05) is 11.8 Å². The predicted octanol–water partition coefficient (Wildman–Crippen LogP) is 2.93. The van der Waals surface area contributed by atoms with E-state index in [2.05, 4.69) is 13.8 Å². The van der Waals surface area contributed by atoms with E-state index >= 15 is 0 Å². The largest absolute Gasteiger partial charge is 0.393 e. The van der Waals surface area contributed by atoms with Crippen molar-refractivity contribution in [2.45, 2.75) is 77.4 Å². The Morgan fingerprint density at radius 1 is 0.955 bits per heavy atom. The fourth-order valence-electron chi connectivity index (χ4n) is 7.05. The van der Waals surface area contributed by atoms with Crippen molar-refractivity contribution in [3.63, 3.8) is 0 Å². The third kappa shape index (κ3) is 1.84. The van der Waals surface area contributed by atoms with Crippen LogP contribution in [0.15, 0.2) is 0 Å². The van der Waals surface area contributed by atoms with Crippen LogP contribution in [0.3, 0.4) is 0 Å². The SMILES string of the molecule is C[C@]12CCC(O)CC1C(O)C[C@@H]1[C@H]2CC[C@]2(C)C(=O)CC[C@@H]12. The number of ketones is 1. The Morgan fingerprint density at radius 2 is 1.73 bits per heavy atom. The van der Waals surface area contributed by atoms with Crippen LogP contribution in [-0.4, -0.2) is 28.2 Å². The lowest BCUT2D eigenvalue weighted by atomic mass is 9.44. The molecular weight excluding hydrogens is 276 g/mol. The van der Waals surface area contributed by atoms with E-state index in [0.29, 0.717) is 23.5 Å². The van der Waals surface area contributed by atoms with E-state index < -0.39 is 0 Å². The number of fused-ring (bicyclic) bond motifs is 5. The van der Waals surface area contributed by atoms with Crippen LogP contribution in [0.5, 0.6) is 0 Å². The maximum atomic E-state index is 12.4. The molecule has 4 saturated carbocycles. The maximum absolute atomic E-state index is 12.4. The van der Waals surface area contributed by atoms with Crippen LogP contribution in [-0.2, 0) is 4.79 Å². The zero-order valence-corrected chi connectivity index (χ0v) is 13.9. The zero-order chi connectivity index (χ0) is 15.7. The normalized spacial score (nSPS) is 57.9. The summed E-state index contributed by atoms with van der Waals surface area (Å²) < 4.78 is 0. The number of Topliss-reactive ketones (excluding diaryl/α,β-unsaturated/α-hetero) is 1. The molecule has 3 heteroatoms. The van der Waals surface area contributed by atoms with Gasteiger partial charge in [-0.25, -0.2) is 0 Å². The standard InChI is InChI=1S/C19H30O3/c1-18-7-5-11(20)9-15(18)16(21)10-12-13-3-4-17(22)19(13,2)8-6-14(12)18/h11-16,20-21H,3-10H2,1-2H3/t11?,12-,13-,14+,15?,16?,18+,19-/m0/s1. The molecule has 4 aliphatic rings. The van der Waals surface area contributed by atoms with Gasteiger partial charge in [0.05, 0.1) is 12.2 Å². The van der Waals surface area contributed by atoms with Gasteiger partial charge in [0.25, 0.3) is 0 Å². The second kappa shape index (κ2) is 4.80. The minimum absolute atomic E-state index is 0.113. The highest BCUT2D eigenvalue weighted by atomic mass is 16.3. The van der Waals surface area contributed by atoms with Crippen LogP contribution >= 0.6 is 0 Å². The molecule has 124 valence electrons. The first-order chi connectivity index (χ1) is 10.4. The van der Waals surface area contributed by atoms with Crippen LogP contribution in [0.25, 0.3) is 0 Å². The molecule has 0 aromatic rings. The van der Waals surface area contributed by atoms with E-state index in [4.69, 9.17) is 0 Å². The number of hydrogen-bond acceptors (Lipinski definition) is 3. The molecular formula is C19H30O3.